The minimum atomic E-state index is 0.591. The largest absolute Gasteiger partial charge is 0.358 e. The molecule has 2 aromatic heterocycles. The van der Waals surface area contributed by atoms with Gasteiger partial charge in [-0.3, -0.25) is 0 Å². The van der Waals surface area contributed by atoms with Gasteiger partial charge in [-0.25, -0.2) is 4.98 Å². The second kappa shape index (κ2) is 7.65. The molecule has 1 aliphatic rings. The SMILES string of the molecule is CC.Clc1nccc2[nH]c(CCN3CCCCC3)cc12. The number of likely N-dealkylation sites (tertiary alicyclic amines) is 1. The van der Waals surface area contributed by atoms with Crippen LogP contribution in [0.15, 0.2) is 18.3 Å². The van der Waals surface area contributed by atoms with Gasteiger partial charge in [-0.1, -0.05) is 31.9 Å². The first-order valence-electron chi connectivity index (χ1n) is 7.67. The molecule has 0 saturated carbocycles. The number of pyridine rings is 1. The van der Waals surface area contributed by atoms with Gasteiger partial charge in [0.15, 0.2) is 0 Å². The molecule has 0 bridgehead atoms. The summed E-state index contributed by atoms with van der Waals surface area (Å²) in [6.45, 7) is 7.64. The number of H-pyrrole nitrogens is 1. The van der Waals surface area contributed by atoms with Crippen molar-refractivity contribution in [2.45, 2.75) is 39.5 Å². The number of fused-ring (bicyclic) bond motifs is 1. The molecule has 0 amide bonds. The van der Waals surface area contributed by atoms with Crippen molar-refractivity contribution in [3.05, 3.63) is 29.2 Å². The number of hydrogen-bond donors (Lipinski definition) is 1. The van der Waals surface area contributed by atoms with E-state index >= 15 is 0 Å². The van der Waals surface area contributed by atoms with E-state index in [1.165, 1.54) is 38.0 Å². The molecule has 0 unspecified atom stereocenters. The molecule has 0 spiro atoms. The van der Waals surface area contributed by atoms with E-state index < -0.39 is 0 Å². The van der Waals surface area contributed by atoms with Crippen molar-refractivity contribution < 1.29 is 0 Å². The van der Waals surface area contributed by atoms with Crippen molar-refractivity contribution in [3.63, 3.8) is 0 Å². The topological polar surface area (TPSA) is 31.9 Å². The van der Waals surface area contributed by atoms with Crippen LogP contribution in [0, 0.1) is 0 Å². The minimum absolute atomic E-state index is 0.591. The Labute approximate surface area is 126 Å². The number of piperidine rings is 1. The number of nitrogens with one attached hydrogen (secondary N) is 1. The van der Waals surface area contributed by atoms with E-state index in [4.69, 9.17) is 11.6 Å². The molecule has 3 rings (SSSR count). The summed E-state index contributed by atoms with van der Waals surface area (Å²) in [5.41, 5.74) is 2.34. The first-order valence-corrected chi connectivity index (χ1v) is 8.05. The van der Waals surface area contributed by atoms with E-state index in [2.05, 4.69) is 20.9 Å². The van der Waals surface area contributed by atoms with Crippen molar-refractivity contribution in [3.8, 4) is 0 Å². The second-order valence-corrected chi connectivity index (χ2v) is 5.37. The summed E-state index contributed by atoms with van der Waals surface area (Å²) in [4.78, 5) is 10.1. The first-order chi connectivity index (χ1) is 9.83. The molecule has 0 aliphatic carbocycles. The highest BCUT2D eigenvalue weighted by Gasteiger charge is 2.11. The van der Waals surface area contributed by atoms with Gasteiger partial charge in [0.05, 0.1) is 5.52 Å². The van der Waals surface area contributed by atoms with E-state index in [1.807, 2.05) is 19.9 Å². The zero-order chi connectivity index (χ0) is 14.4. The normalized spacial score (nSPS) is 15.9. The molecule has 0 atom stereocenters. The lowest BCUT2D eigenvalue weighted by Gasteiger charge is -2.25. The lowest BCUT2D eigenvalue weighted by atomic mass is 10.1. The summed E-state index contributed by atoms with van der Waals surface area (Å²) >= 11 is 6.08. The van der Waals surface area contributed by atoms with Crippen LogP contribution in [0.5, 0.6) is 0 Å². The monoisotopic (exact) mass is 293 g/mol. The van der Waals surface area contributed by atoms with Gasteiger partial charge in [-0.2, -0.15) is 0 Å². The number of aromatic amines is 1. The van der Waals surface area contributed by atoms with Gasteiger partial charge in [0.1, 0.15) is 5.15 Å². The van der Waals surface area contributed by atoms with Crippen LogP contribution in [-0.2, 0) is 6.42 Å². The van der Waals surface area contributed by atoms with Crippen LogP contribution in [-0.4, -0.2) is 34.5 Å². The average Bonchev–Trinajstić information content (AvgIpc) is 2.93. The highest BCUT2D eigenvalue weighted by atomic mass is 35.5. The van der Waals surface area contributed by atoms with Gasteiger partial charge in [0, 0.05) is 30.2 Å². The molecular formula is C16H24ClN3. The molecule has 0 aromatic carbocycles. The van der Waals surface area contributed by atoms with E-state index in [9.17, 15) is 0 Å². The highest BCUT2D eigenvalue weighted by molar-refractivity contribution is 6.34. The molecule has 1 aliphatic heterocycles. The Hall–Kier alpha value is -1.06. The van der Waals surface area contributed by atoms with Crippen molar-refractivity contribution >= 4 is 22.5 Å². The van der Waals surface area contributed by atoms with E-state index in [-0.39, 0.29) is 0 Å². The number of nitrogens with zero attached hydrogens (tertiary/aromatic N) is 2. The zero-order valence-electron chi connectivity index (χ0n) is 12.5. The number of hydrogen-bond acceptors (Lipinski definition) is 2. The van der Waals surface area contributed by atoms with Crippen LogP contribution in [0.25, 0.3) is 10.9 Å². The average molecular weight is 294 g/mol. The fourth-order valence-corrected chi connectivity index (χ4v) is 2.89. The van der Waals surface area contributed by atoms with Crippen LogP contribution < -0.4 is 0 Å². The van der Waals surface area contributed by atoms with E-state index in [0.717, 1.165) is 23.9 Å². The number of rotatable bonds is 3. The smallest absolute Gasteiger partial charge is 0.138 e. The van der Waals surface area contributed by atoms with Gasteiger partial charge in [-0.05, 0) is 38.1 Å². The lowest BCUT2D eigenvalue weighted by Crippen LogP contribution is -2.31. The van der Waals surface area contributed by atoms with Gasteiger partial charge in [0.25, 0.3) is 0 Å². The lowest BCUT2D eigenvalue weighted by molar-refractivity contribution is 0.231. The number of aromatic nitrogens is 2. The van der Waals surface area contributed by atoms with Crippen molar-refractivity contribution in [2.24, 2.45) is 0 Å². The molecule has 3 heterocycles. The molecule has 110 valence electrons. The van der Waals surface area contributed by atoms with Crippen LogP contribution >= 0.6 is 11.6 Å². The van der Waals surface area contributed by atoms with E-state index in [1.54, 1.807) is 6.20 Å². The molecule has 2 aromatic rings. The summed E-state index contributed by atoms with van der Waals surface area (Å²) in [6.07, 6.45) is 6.90. The molecule has 1 N–H and O–H groups in total. The Morgan fingerprint density at radius 1 is 1.25 bits per heavy atom. The van der Waals surface area contributed by atoms with Gasteiger partial charge < -0.3 is 9.88 Å². The second-order valence-electron chi connectivity index (χ2n) is 5.01. The van der Waals surface area contributed by atoms with Crippen molar-refractivity contribution in [1.82, 2.24) is 14.9 Å². The van der Waals surface area contributed by atoms with Crippen molar-refractivity contribution in [2.75, 3.05) is 19.6 Å². The Morgan fingerprint density at radius 2 is 2.00 bits per heavy atom. The molecule has 4 heteroatoms. The van der Waals surface area contributed by atoms with Gasteiger partial charge >= 0.3 is 0 Å². The van der Waals surface area contributed by atoms with Crippen molar-refractivity contribution in [1.29, 1.82) is 0 Å². The van der Waals surface area contributed by atoms with Crippen LogP contribution in [0.4, 0.5) is 0 Å². The van der Waals surface area contributed by atoms with E-state index in [0.29, 0.717) is 5.15 Å². The summed E-state index contributed by atoms with van der Waals surface area (Å²) < 4.78 is 0. The maximum absolute atomic E-state index is 6.08. The third kappa shape index (κ3) is 3.74. The molecule has 1 saturated heterocycles. The van der Waals surface area contributed by atoms with Gasteiger partial charge in [-0.15, -0.1) is 0 Å². The summed E-state index contributed by atoms with van der Waals surface area (Å²) in [5, 5.41) is 1.63. The molecular weight excluding hydrogens is 270 g/mol. The highest BCUT2D eigenvalue weighted by Crippen LogP contribution is 2.22. The Bertz CT molecular complexity index is 530. The molecule has 1 fully saturated rings. The standard InChI is InChI=1S/C14H18ClN3.C2H6/c15-14-12-10-11(17-13(12)4-6-16-14)5-9-18-7-2-1-3-8-18;1-2/h4,6,10,17H,1-3,5,7-9H2;1-2H3. The maximum atomic E-state index is 6.08. The third-order valence-electron chi connectivity index (χ3n) is 3.70. The van der Waals surface area contributed by atoms with Crippen LogP contribution in [0.3, 0.4) is 0 Å². The Kier molecular flexibility index (Phi) is 5.86. The first kappa shape index (κ1) is 15.3. The minimum Gasteiger partial charge on any atom is -0.358 e. The quantitative estimate of drug-likeness (QED) is 0.857. The Morgan fingerprint density at radius 3 is 2.70 bits per heavy atom. The molecule has 0 radical (unpaired) electrons. The summed E-state index contributed by atoms with van der Waals surface area (Å²) in [7, 11) is 0. The summed E-state index contributed by atoms with van der Waals surface area (Å²) in [5.74, 6) is 0. The predicted octanol–water partition coefficient (Wildman–Crippen LogP) is 4.27. The maximum Gasteiger partial charge on any atom is 0.138 e. The molecule has 3 nitrogen and oxygen atoms in total. The predicted molar refractivity (Wildman–Crippen MR) is 86.4 cm³/mol. The zero-order valence-corrected chi connectivity index (χ0v) is 13.2. The third-order valence-corrected chi connectivity index (χ3v) is 4.00. The van der Waals surface area contributed by atoms with Crippen LogP contribution in [0.2, 0.25) is 5.15 Å². The summed E-state index contributed by atoms with van der Waals surface area (Å²) in [6, 6.07) is 4.11. The molecule has 20 heavy (non-hydrogen) atoms. The number of halogens is 1. The Balaban J connectivity index is 0.000000704. The fraction of sp³-hybridized carbons (Fsp3) is 0.562. The fourth-order valence-electron chi connectivity index (χ4n) is 2.67. The van der Waals surface area contributed by atoms with Gasteiger partial charge in [0.2, 0.25) is 0 Å². The van der Waals surface area contributed by atoms with Crippen LogP contribution in [0.1, 0.15) is 38.8 Å².